The first kappa shape index (κ1) is 14.4. The number of rotatable bonds is 3. The van der Waals surface area contributed by atoms with Crippen molar-refractivity contribution in [2.24, 2.45) is 0 Å². The first-order chi connectivity index (χ1) is 4.76. The molecule has 0 amide bonds. The quantitative estimate of drug-likeness (QED) is 0.688. The van der Waals surface area contributed by atoms with Crippen LogP contribution in [-0.4, -0.2) is 18.5 Å². The molecule has 0 aromatic carbocycles. The summed E-state index contributed by atoms with van der Waals surface area (Å²) in [7, 11) is 10.3. The summed E-state index contributed by atoms with van der Waals surface area (Å²) in [5.74, 6) is 0. The van der Waals surface area contributed by atoms with E-state index in [4.69, 9.17) is 17.0 Å². The van der Waals surface area contributed by atoms with Crippen molar-refractivity contribution < 1.29 is 20.8 Å². The van der Waals surface area contributed by atoms with Gasteiger partial charge in [-0.3, -0.25) is 0 Å². The van der Waals surface area contributed by atoms with Crippen molar-refractivity contribution in [3.05, 3.63) is 0 Å². The predicted octanol–water partition coefficient (Wildman–Crippen LogP) is 3.90. The molecule has 0 saturated carbocycles. The average molecular weight is 280 g/mol. The SMILES string of the molecule is CCP(CC)CC.[Cl][Zr][Cl]. The van der Waals surface area contributed by atoms with Crippen molar-refractivity contribution in [1.82, 2.24) is 0 Å². The second kappa shape index (κ2) is 13.5. The minimum absolute atomic E-state index is 0.446. The first-order valence-corrected chi connectivity index (χ1v) is 11.7. The molecule has 0 aliphatic carbocycles. The van der Waals surface area contributed by atoms with Gasteiger partial charge in [0.2, 0.25) is 0 Å². The van der Waals surface area contributed by atoms with Crippen molar-refractivity contribution in [2.45, 2.75) is 20.8 Å². The van der Waals surface area contributed by atoms with Gasteiger partial charge in [-0.25, -0.2) is 0 Å². The van der Waals surface area contributed by atoms with Gasteiger partial charge in [-0.1, -0.05) is 20.8 Å². The van der Waals surface area contributed by atoms with Gasteiger partial charge in [-0.15, -0.1) is 7.92 Å². The van der Waals surface area contributed by atoms with Gasteiger partial charge in [0.25, 0.3) is 0 Å². The van der Waals surface area contributed by atoms with Gasteiger partial charge in [-0.05, 0) is 18.5 Å². The molecular formula is C6H15Cl2PZr. The van der Waals surface area contributed by atoms with Crippen LogP contribution in [0.15, 0.2) is 0 Å². The van der Waals surface area contributed by atoms with Crippen LogP contribution in [0.25, 0.3) is 0 Å². The zero-order chi connectivity index (χ0) is 8.41. The summed E-state index contributed by atoms with van der Waals surface area (Å²) in [6.07, 6.45) is 4.26. The van der Waals surface area contributed by atoms with Crippen LogP contribution in [-0.2, 0) is 20.8 Å². The van der Waals surface area contributed by atoms with E-state index in [1.54, 1.807) is 0 Å². The Balaban J connectivity index is 0. The molecule has 0 radical (unpaired) electrons. The van der Waals surface area contributed by atoms with E-state index < -0.39 is 20.8 Å². The van der Waals surface area contributed by atoms with Crippen molar-refractivity contribution in [3.8, 4) is 0 Å². The Labute approximate surface area is 84.5 Å². The number of halogens is 2. The van der Waals surface area contributed by atoms with Crippen molar-refractivity contribution in [1.29, 1.82) is 0 Å². The van der Waals surface area contributed by atoms with Crippen LogP contribution in [0, 0.1) is 0 Å². The molecule has 0 saturated heterocycles. The topological polar surface area (TPSA) is 0 Å². The normalized spacial score (nSPS) is 8.60. The third-order valence-corrected chi connectivity index (χ3v) is 4.02. The Hall–Kier alpha value is 1.89. The van der Waals surface area contributed by atoms with E-state index in [2.05, 4.69) is 20.8 Å². The molecular weight excluding hydrogens is 265 g/mol. The Morgan fingerprint density at radius 3 is 1.20 bits per heavy atom. The van der Waals surface area contributed by atoms with E-state index in [0.29, 0.717) is 7.92 Å². The molecule has 62 valence electrons. The summed E-state index contributed by atoms with van der Waals surface area (Å²) in [5, 5.41) is 0. The van der Waals surface area contributed by atoms with Crippen molar-refractivity contribution in [3.63, 3.8) is 0 Å². The molecule has 0 aromatic heterocycles. The van der Waals surface area contributed by atoms with E-state index in [9.17, 15) is 0 Å². The second-order valence-corrected chi connectivity index (χ2v) is 8.66. The fraction of sp³-hybridized carbons (Fsp3) is 1.00. The van der Waals surface area contributed by atoms with Gasteiger partial charge >= 0.3 is 37.9 Å². The van der Waals surface area contributed by atoms with E-state index >= 15 is 0 Å². The molecule has 0 nitrogen and oxygen atoms in total. The predicted molar refractivity (Wildman–Crippen MR) is 50.2 cm³/mol. The summed E-state index contributed by atoms with van der Waals surface area (Å²) in [4.78, 5) is 0. The molecule has 0 atom stereocenters. The van der Waals surface area contributed by atoms with Crippen molar-refractivity contribution in [2.75, 3.05) is 18.5 Å². The monoisotopic (exact) mass is 278 g/mol. The van der Waals surface area contributed by atoms with Crippen LogP contribution >= 0.6 is 24.9 Å². The van der Waals surface area contributed by atoms with Crippen molar-refractivity contribution >= 4 is 24.9 Å². The van der Waals surface area contributed by atoms with Crippen LogP contribution in [0.4, 0.5) is 0 Å². The molecule has 4 heteroatoms. The maximum atomic E-state index is 4.93. The summed E-state index contributed by atoms with van der Waals surface area (Å²) in [6.45, 7) is 6.87. The van der Waals surface area contributed by atoms with Crippen LogP contribution in [0.5, 0.6) is 0 Å². The summed E-state index contributed by atoms with van der Waals surface area (Å²) in [5.41, 5.74) is 0. The molecule has 0 unspecified atom stereocenters. The Kier molecular flexibility index (Phi) is 19.4. The molecule has 0 bridgehead atoms. The third-order valence-electron chi connectivity index (χ3n) is 1.34. The molecule has 0 rings (SSSR count). The first-order valence-electron chi connectivity index (χ1n) is 3.45. The third kappa shape index (κ3) is 12.6. The molecule has 0 aromatic rings. The van der Waals surface area contributed by atoms with Crippen LogP contribution in [0.1, 0.15) is 20.8 Å². The van der Waals surface area contributed by atoms with Gasteiger partial charge in [-0.2, -0.15) is 0 Å². The fourth-order valence-corrected chi connectivity index (χ4v) is 2.01. The van der Waals surface area contributed by atoms with Gasteiger partial charge < -0.3 is 0 Å². The fourth-order valence-electron chi connectivity index (χ4n) is 0.671. The summed E-state index contributed by atoms with van der Waals surface area (Å²) < 4.78 is 0. The van der Waals surface area contributed by atoms with Crippen LogP contribution in [0.3, 0.4) is 0 Å². The Morgan fingerprint density at radius 2 is 1.20 bits per heavy atom. The van der Waals surface area contributed by atoms with E-state index in [0.717, 1.165) is 0 Å². The molecule has 10 heavy (non-hydrogen) atoms. The van der Waals surface area contributed by atoms with Gasteiger partial charge in [0.1, 0.15) is 0 Å². The van der Waals surface area contributed by atoms with E-state index in [1.165, 1.54) is 18.5 Å². The molecule has 0 N–H and O–H groups in total. The van der Waals surface area contributed by atoms with Gasteiger partial charge in [0.15, 0.2) is 0 Å². The molecule has 0 aliphatic heterocycles. The molecule has 0 fully saturated rings. The van der Waals surface area contributed by atoms with Gasteiger partial charge in [0.05, 0.1) is 0 Å². The number of hydrogen-bond acceptors (Lipinski definition) is 0. The van der Waals surface area contributed by atoms with Crippen LogP contribution in [0.2, 0.25) is 0 Å². The maximum absolute atomic E-state index is 4.93. The minimum atomic E-state index is -0.826. The van der Waals surface area contributed by atoms with E-state index in [-0.39, 0.29) is 0 Å². The van der Waals surface area contributed by atoms with E-state index in [1.807, 2.05) is 0 Å². The standard InChI is InChI=1S/C6H15P.2ClH.Zr/c1-4-7(5-2)6-3;;;/h4-6H2,1-3H3;2*1H;/q;;;+2/p-2. The van der Waals surface area contributed by atoms with Crippen LogP contribution < -0.4 is 0 Å². The molecule has 0 aliphatic rings. The molecule has 0 spiro atoms. The zero-order valence-electron chi connectivity index (χ0n) is 6.82. The van der Waals surface area contributed by atoms with Gasteiger partial charge in [0, 0.05) is 0 Å². The summed E-state index contributed by atoms with van der Waals surface area (Å²) in [6, 6.07) is 0. The summed E-state index contributed by atoms with van der Waals surface area (Å²) >= 11 is -0.826. The molecule has 0 heterocycles. The zero-order valence-corrected chi connectivity index (χ0v) is 11.7. The average Bonchev–Trinajstić information content (AvgIpc) is 1.93. The Morgan fingerprint density at radius 1 is 1.00 bits per heavy atom. The number of hydrogen-bond donors (Lipinski definition) is 0. The Bertz CT molecular complexity index is 45.5. The second-order valence-electron chi connectivity index (χ2n) is 1.69.